The lowest BCUT2D eigenvalue weighted by Crippen LogP contribution is -2.71. The molecule has 334 valence electrons. The van der Waals surface area contributed by atoms with Gasteiger partial charge in [-0.05, 0) is 124 Å². The number of aliphatic hydroxyl groups excluding tert-OH is 7. The average Bonchev–Trinajstić information content (AvgIpc) is 3.52. The molecule has 58 heavy (non-hydrogen) atoms. The van der Waals surface area contributed by atoms with Gasteiger partial charge < -0.3 is 64.5 Å². The fourth-order valence-electron chi connectivity index (χ4n) is 13.5. The molecule has 0 aromatic rings. The molecule has 0 aromatic carbocycles. The van der Waals surface area contributed by atoms with Crippen LogP contribution in [0.15, 0.2) is 11.6 Å². The van der Waals surface area contributed by atoms with E-state index < -0.39 is 120 Å². The van der Waals surface area contributed by atoms with Gasteiger partial charge in [-0.1, -0.05) is 46.3 Å². The third-order valence-corrected chi connectivity index (χ3v) is 16.7. The van der Waals surface area contributed by atoms with Crippen LogP contribution in [-0.4, -0.2) is 139 Å². The monoisotopic (exact) mass is 827 g/mol. The molecule has 6 rings (SSSR count). The Morgan fingerprint density at radius 1 is 0.828 bits per heavy atom. The van der Waals surface area contributed by atoms with Crippen molar-refractivity contribution in [3.63, 3.8) is 0 Å². The molecule has 2 saturated heterocycles. The number of allylic oxidation sites excluding steroid dienone is 2. The van der Waals surface area contributed by atoms with Gasteiger partial charge in [-0.3, -0.25) is 4.79 Å². The summed E-state index contributed by atoms with van der Waals surface area (Å²) in [5.41, 5.74) is -1.84. The van der Waals surface area contributed by atoms with Crippen LogP contribution in [-0.2, 0) is 28.5 Å². The number of rotatable bonds is 10. The third kappa shape index (κ3) is 7.76. The van der Waals surface area contributed by atoms with Gasteiger partial charge in [0.15, 0.2) is 12.6 Å². The Morgan fingerprint density at radius 3 is 2.14 bits per heavy atom. The first-order chi connectivity index (χ1) is 26.8. The summed E-state index contributed by atoms with van der Waals surface area (Å²) < 4.78 is 30.7. The Balaban J connectivity index is 1.40. The van der Waals surface area contributed by atoms with E-state index in [9.17, 15) is 45.6 Å². The summed E-state index contributed by atoms with van der Waals surface area (Å²) in [6, 6.07) is 0. The van der Waals surface area contributed by atoms with Crippen LogP contribution in [0.25, 0.3) is 0 Å². The van der Waals surface area contributed by atoms with Crippen LogP contribution < -0.4 is 0 Å². The molecular formula is C44H74O14. The van der Waals surface area contributed by atoms with E-state index in [1.54, 1.807) is 0 Å². The van der Waals surface area contributed by atoms with Crippen LogP contribution in [0.2, 0.25) is 0 Å². The molecule has 0 amide bonds. The standard InChI is InChI=1S/C44H74O14/c1-21(2)12-11-15-44(10,53)24-13-17-42(8)30(24)25(46)18-28-41(7)16-14-29(47)40(5,6)37(41)26(19-43(28,42)9)56-39-36(34(51)32(49)27(57-39)20-54-23(4)45)58-38-35(52)33(50)31(48)22(3)55-38/h12,22,24-39,46-53H,11,13-20H2,1-10H3/t22-,24-,25+,26-,27+,28+,29-,30-,31-,32+,33+,34-,35+,36+,37-,38-,39+,41+,42+,43+,44+/m0/s1. The average molecular weight is 827 g/mol. The highest BCUT2D eigenvalue weighted by Crippen LogP contribution is 2.76. The van der Waals surface area contributed by atoms with Gasteiger partial charge in [0.2, 0.25) is 0 Å². The molecule has 8 N–H and O–H groups in total. The zero-order valence-electron chi connectivity index (χ0n) is 36.3. The van der Waals surface area contributed by atoms with Crippen molar-refractivity contribution >= 4 is 5.97 Å². The molecule has 6 fully saturated rings. The minimum atomic E-state index is -1.72. The number of ether oxygens (including phenoxy) is 5. The van der Waals surface area contributed by atoms with E-state index in [0.29, 0.717) is 32.1 Å². The number of esters is 1. The largest absolute Gasteiger partial charge is 0.463 e. The zero-order valence-corrected chi connectivity index (χ0v) is 36.3. The predicted octanol–water partition coefficient (Wildman–Crippen LogP) is 2.72. The fourth-order valence-corrected chi connectivity index (χ4v) is 13.5. The SMILES string of the molecule is CC(=O)OC[C@H]1O[C@@H](O[C@H]2C[C@]3(C)[C@H](C[C@@H](O)[C@@H]4[C@@H]([C@](C)(O)CCC=C(C)C)CC[C@]43C)[C@@]3(C)CC[C@H](O)C(C)(C)[C@H]23)[C@H](O[C@@H]2O[C@@H](C)[C@H](O)[C@@H](O)[C@H]2O)[C@@H](O)[C@@H]1O. The summed E-state index contributed by atoms with van der Waals surface area (Å²) in [7, 11) is 0. The molecule has 14 heteroatoms. The molecule has 21 atom stereocenters. The molecule has 2 aliphatic heterocycles. The molecule has 0 radical (unpaired) electrons. The van der Waals surface area contributed by atoms with Crippen molar-refractivity contribution in [2.24, 2.45) is 45.3 Å². The Labute approximate surface area is 344 Å². The van der Waals surface area contributed by atoms with E-state index in [0.717, 1.165) is 19.3 Å². The topological polar surface area (TPSA) is 225 Å². The van der Waals surface area contributed by atoms with Crippen LogP contribution in [0.1, 0.15) is 121 Å². The van der Waals surface area contributed by atoms with Gasteiger partial charge in [0.05, 0.1) is 30.0 Å². The molecule has 6 aliphatic rings. The summed E-state index contributed by atoms with van der Waals surface area (Å²) in [5.74, 6) is -1.23. The van der Waals surface area contributed by atoms with E-state index in [1.165, 1.54) is 19.4 Å². The molecule has 0 aromatic heterocycles. The van der Waals surface area contributed by atoms with E-state index >= 15 is 0 Å². The van der Waals surface area contributed by atoms with E-state index in [1.807, 2.05) is 34.6 Å². The number of hydrogen-bond donors (Lipinski definition) is 8. The summed E-state index contributed by atoms with van der Waals surface area (Å²) in [6.07, 6.45) is -9.45. The molecule has 14 nitrogen and oxygen atoms in total. The molecule has 4 saturated carbocycles. The quantitative estimate of drug-likeness (QED) is 0.0902. The number of aliphatic hydroxyl groups is 8. The first-order valence-electron chi connectivity index (χ1n) is 21.7. The molecule has 4 aliphatic carbocycles. The minimum Gasteiger partial charge on any atom is -0.463 e. The van der Waals surface area contributed by atoms with Gasteiger partial charge in [0, 0.05) is 6.92 Å². The highest BCUT2D eigenvalue weighted by atomic mass is 16.8. The maximum absolute atomic E-state index is 12.3. The predicted molar refractivity (Wildman–Crippen MR) is 210 cm³/mol. The highest BCUT2D eigenvalue weighted by molar-refractivity contribution is 5.65. The normalized spacial score (nSPS) is 51.1. The zero-order chi connectivity index (χ0) is 43.1. The number of carbonyl (C=O) groups is 1. The third-order valence-electron chi connectivity index (χ3n) is 16.7. The van der Waals surface area contributed by atoms with Gasteiger partial charge in [-0.2, -0.15) is 0 Å². The second kappa shape index (κ2) is 16.5. The summed E-state index contributed by atoms with van der Waals surface area (Å²) >= 11 is 0. The Bertz CT molecular complexity index is 1500. The van der Waals surface area contributed by atoms with Crippen LogP contribution in [0, 0.1) is 45.3 Å². The van der Waals surface area contributed by atoms with Gasteiger partial charge >= 0.3 is 5.97 Å². The van der Waals surface area contributed by atoms with Crippen LogP contribution in [0.3, 0.4) is 0 Å². The highest BCUT2D eigenvalue weighted by Gasteiger charge is 2.73. The van der Waals surface area contributed by atoms with Gasteiger partial charge in [0.25, 0.3) is 0 Å². The van der Waals surface area contributed by atoms with Crippen LogP contribution in [0.5, 0.6) is 0 Å². The summed E-state index contributed by atoms with van der Waals surface area (Å²) in [6.45, 7) is 19.2. The van der Waals surface area contributed by atoms with Crippen molar-refractivity contribution in [1.29, 1.82) is 0 Å². The summed E-state index contributed by atoms with van der Waals surface area (Å²) in [5, 5.41) is 91.0. The van der Waals surface area contributed by atoms with Crippen LogP contribution in [0.4, 0.5) is 0 Å². The Morgan fingerprint density at radius 2 is 1.50 bits per heavy atom. The van der Waals surface area contributed by atoms with Crippen LogP contribution >= 0.6 is 0 Å². The maximum atomic E-state index is 12.3. The molecule has 0 unspecified atom stereocenters. The van der Waals surface area contributed by atoms with Gasteiger partial charge in [-0.15, -0.1) is 0 Å². The number of carbonyl (C=O) groups excluding carboxylic acids is 1. The molecular weight excluding hydrogens is 752 g/mol. The first-order valence-corrected chi connectivity index (χ1v) is 21.7. The maximum Gasteiger partial charge on any atom is 0.302 e. The first kappa shape index (κ1) is 46.2. The van der Waals surface area contributed by atoms with Crippen molar-refractivity contribution in [2.75, 3.05) is 6.61 Å². The summed E-state index contributed by atoms with van der Waals surface area (Å²) in [4.78, 5) is 11.9. The smallest absolute Gasteiger partial charge is 0.302 e. The van der Waals surface area contributed by atoms with E-state index in [-0.39, 0.29) is 23.7 Å². The second-order valence-electron chi connectivity index (χ2n) is 20.9. The lowest BCUT2D eigenvalue weighted by Gasteiger charge is -2.72. The lowest BCUT2D eigenvalue weighted by atomic mass is 9.34. The number of fused-ring (bicyclic) bond motifs is 5. The van der Waals surface area contributed by atoms with Crippen molar-refractivity contribution < 1.29 is 69.3 Å². The Kier molecular flexibility index (Phi) is 13.1. The van der Waals surface area contributed by atoms with E-state index in [4.69, 9.17) is 23.7 Å². The Hall–Kier alpha value is -1.27. The molecule has 0 spiro atoms. The lowest BCUT2D eigenvalue weighted by molar-refractivity contribution is -0.382. The van der Waals surface area contributed by atoms with Crippen molar-refractivity contribution in [3.8, 4) is 0 Å². The molecule has 2 heterocycles. The van der Waals surface area contributed by atoms with Crippen molar-refractivity contribution in [1.82, 2.24) is 0 Å². The van der Waals surface area contributed by atoms with E-state index in [2.05, 4.69) is 26.8 Å². The van der Waals surface area contributed by atoms with Crippen molar-refractivity contribution in [2.45, 2.75) is 206 Å². The van der Waals surface area contributed by atoms with Gasteiger partial charge in [0.1, 0.15) is 49.3 Å². The number of hydrogen-bond acceptors (Lipinski definition) is 14. The van der Waals surface area contributed by atoms with Crippen molar-refractivity contribution in [3.05, 3.63) is 11.6 Å². The fraction of sp³-hybridized carbons (Fsp3) is 0.932. The minimum absolute atomic E-state index is 0.0193. The second-order valence-corrected chi connectivity index (χ2v) is 20.9. The van der Waals surface area contributed by atoms with Gasteiger partial charge in [-0.25, -0.2) is 0 Å². The molecule has 0 bridgehead atoms.